The van der Waals surface area contributed by atoms with Crippen LogP contribution in [0.25, 0.3) is 0 Å². The van der Waals surface area contributed by atoms with E-state index in [-0.39, 0.29) is 11.5 Å². The minimum atomic E-state index is -0.594. The van der Waals surface area contributed by atoms with Crippen LogP contribution in [0.5, 0.6) is 0 Å². The van der Waals surface area contributed by atoms with Crippen molar-refractivity contribution in [3.8, 4) is 0 Å². The number of benzene rings is 1. The summed E-state index contributed by atoms with van der Waals surface area (Å²) in [4.78, 5) is 16.8. The molecule has 0 radical (unpaired) electrons. The van der Waals surface area contributed by atoms with Crippen LogP contribution >= 0.6 is 34.8 Å². The lowest BCUT2D eigenvalue weighted by Crippen LogP contribution is -2.29. The molecule has 1 aromatic carbocycles. The van der Waals surface area contributed by atoms with Crippen molar-refractivity contribution >= 4 is 46.9 Å². The molecule has 8 heteroatoms. The molecule has 0 saturated carbocycles. The standard InChI is InChI=1S/C18H12Cl3N3O2/c19-11-2-5-15(23-9-11)17(10-1-4-13(20)14(21)7-10)24-18(25)16-6-3-12(8-22)26-16/h1-9,17,22H,(H,24,25)/t17-/m0/s1. The molecule has 3 aromatic rings. The van der Waals surface area contributed by atoms with Gasteiger partial charge in [-0.15, -0.1) is 0 Å². The number of hydrogen-bond donors (Lipinski definition) is 2. The number of carbonyl (C=O) groups excluding carboxylic acids is 1. The van der Waals surface area contributed by atoms with Gasteiger partial charge in [-0.1, -0.05) is 40.9 Å². The highest BCUT2D eigenvalue weighted by Crippen LogP contribution is 2.29. The van der Waals surface area contributed by atoms with Gasteiger partial charge in [0, 0.05) is 6.20 Å². The van der Waals surface area contributed by atoms with E-state index in [1.807, 2.05) is 0 Å². The molecule has 0 bridgehead atoms. The molecule has 2 N–H and O–H groups in total. The molecular weight excluding hydrogens is 397 g/mol. The largest absolute Gasteiger partial charge is 0.450 e. The fourth-order valence-electron chi connectivity index (χ4n) is 2.33. The average Bonchev–Trinajstić information content (AvgIpc) is 3.12. The van der Waals surface area contributed by atoms with Crippen LogP contribution in [0.2, 0.25) is 15.1 Å². The molecule has 1 amide bonds. The Hall–Kier alpha value is -2.34. The Balaban J connectivity index is 1.96. The van der Waals surface area contributed by atoms with Gasteiger partial charge in [0.1, 0.15) is 5.76 Å². The summed E-state index contributed by atoms with van der Waals surface area (Å²) in [6, 6.07) is 10.9. The third kappa shape index (κ3) is 4.07. The van der Waals surface area contributed by atoms with E-state index >= 15 is 0 Å². The average molecular weight is 409 g/mol. The Kier molecular flexibility index (Phi) is 5.61. The van der Waals surface area contributed by atoms with E-state index < -0.39 is 11.9 Å². The Bertz CT molecular complexity index is 955. The summed E-state index contributed by atoms with van der Waals surface area (Å²) in [7, 11) is 0. The number of rotatable bonds is 5. The lowest BCUT2D eigenvalue weighted by molar-refractivity contribution is 0.0914. The predicted octanol–water partition coefficient (Wildman–Crippen LogP) is 5.15. The summed E-state index contributed by atoms with van der Waals surface area (Å²) in [6.45, 7) is 0. The highest BCUT2D eigenvalue weighted by Gasteiger charge is 2.21. The van der Waals surface area contributed by atoms with Crippen molar-refractivity contribution in [3.63, 3.8) is 0 Å². The van der Waals surface area contributed by atoms with Gasteiger partial charge in [-0.2, -0.15) is 0 Å². The van der Waals surface area contributed by atoms with Crippen molar-refractivity contribution in [3.05, 3.63) is 86.5 Å². The second-order valence-electron chi connectivity index (χ2n) is 5.33. The molecule has 2 aromatic heterocycles. The van der Waals surface area contributed by atoms with Crippen LogP contribution in [0.15, 0.2) is 53.1 Å². The maximum absolute atomic E-state index is 12.6. The maximum atomic E-state index is 12.6. The molecule has 26 heavy (non-hydrogen) atoms. The van der Waals surface area contributed by atoms with Crippen molar-refractivity contribution in [2.75, 3.05) is 0 Å². The summed E-state index contributed by atoms with van der Waals surface area (Å²) in [5.74, 6) is -0.0840. The van der Waals surface area contributed by atoms with Crippen LogP contribution in [0.3, 0.4) is 0 Å². The number of hydrogen-bond acceptors (Lipinski definition) is 4. The number of amides is 1. The molecule has 0 aliphatic carbocycles. The number of furan rings is 1. The molecule has 5 nitrogen and oxygen atoms in total. The molecule has 132 valence electrons. The van der Waals surface area contributed by atoms with E-state index in [9.17, 15) is 4.79 Å². The van der Waals surface area contributed by atoms with E-state index in [0.717, 1.165) is 6.21 Å². The van der Waals surface area contributed by atoms with Gasteiger partial charge in [-0.05, 0) is 42.0 Å². The molecule has 1 atom stereocenters. The summed E-state index contributed by atoms with van der Waals surface area (Å²) in [6.07, 6.45) is 2.52. The summed E-state index contributed by atoms with van der Waals surface area (Å²) < 4.78 is 5.29. The third-order valence-corrected chi connectivity index (χ3v) is 4.55. The molecule has 0 aliphatic heterocycles. The Morgan fingerprint density at radius 1 is 1.12 bits per heavy atom. The van der Waals surface area contributed by atoms with Crippen LogP contribution in [-0.4, -0.2) is 17.1 Å². The van der Waals surface area contributed by atoms with Crippen LogP contribution in [-0.2, 0) is 0 Å². The first-order valence-corrected chi connectivity index (χ1v) is 8.59. The van der Waals surface area contributed by atoms with E-state index in [0.29, 0.717) is 26.3 Å². The maximum Gasteiger partial charge on any atom is 0.287 e. The highest BCUT2D eigenvalue weighted by molar-refractivity contribution is 6.42. The second kappa shape index (κ2) is 7.91. The summed E-state index contributed by atoms with van der Waals surface area (Å²) >= 11 is 18.0. The SMILES string of the molecule is N=Cc1ccc(C(=O)N[C@@H](c2ccc(Cl)c(Cl)c2)c2ccc(Cl)cn2)o1. The Labute approximate surface area is 164 Å². The molecular formula is C18H12Cl3N3O2. The zero-order chi connectivity index (χ0) is 18.7. The minimum Gasteiger partial charge on any atom is -0.450 e. The van der Waals surface area contributed by atoms with E-state index in [4.69, 9.17) is 44.6 Å². The van der Waals surface area contributed by atoms with Crippen molar-refractivity contribution in [1.29, 1.82) is 5.41 Å². The smallest absolute Gasteiger partial charge is 0.287 e. The Morgan fingerprint density at radius 3 is 2.54 bits per heavy atom. The molecule has 0 fully saturated rings. The number of aromatic nitrogens is 1. The number of pyridine rings is 1. The van der Waals surface area contributed by atoms with E-state index in [1.165, 1.54) is 18.3 Å². The number of nitrogens with zero attached hydrogens (tertiary/aromatic N) is 1. The van der Waals surface area contributed by atoms with Gasteiger partial charge in [-0.25, -0.2) is 0 Å². The van der Waals surface area contributed by atoms with Gasteiger partial charge < -0.3 is 15.1 Å². The third-order valence-electron chi connectivity index (χ3n) is 3.59. The fourth-order valence-corrected chi connectivity index (χ4v) is 2.75. The second-order valence-corrected chi connectivity index (χ2v) is 6.58. The lowest BCUT2D eigenvalue weighted by atomic mass is 10.0. The highest BCUT2D eigenvalue weighted by atomic mass is 35.5. The molecule has 3 rings (SSSR count). The van der Waals surface area contributed by atoms with Gasteiger partial charge in [0.25, 0.3) is 5.91 Å². The lowest BCUT2D eigenvalue weighted by Gasteiger charge is -2.19. The van der Waals surface area contributed by atoms with Crippen molar-refractivity contribution < 1.29 is 9.21 Å². The van der Waals surface area contributed by atoms with Crippen molar-refractivity contribution in [2.45, 2.75) is 6.04 Å². The quantitative estimate of drug-likeness (QED) is 0.573. The number of nitrogens with one attached hydrogen (secondary N) is 2. The zero-order valence-electron chi connectivity index (χ0n) is 13.2. The summed E-state index contributed by atoms with van der Waals surface area (Å²) in [5.41, 5.74) is 1.27. The fraction of sp³-hybridized carbons (Fsp3) is 0.0556. The first-order chi connectivity index (χ1) is 12.5. The number of halogens is 3. The monoisotopic (exact) mass is 407 g/mol. The van der Waals surface area contributed by atoms with Crippen LogP contribution < -0.4 is 5.32 Å². The molecule has 2 heterocycles. The van der Waals surface area contributed by atoms with Crippen LogP contribution in [0.4, 0.5) is 0 Å². The molecule has 0 saturated heterocycles. The van der Waals surface area contributed by atoms with Gasteiger partial charge in [0.15, 0.2) is 5.76 Å². The van der Waals surface area contributed by atoms with Gasteiger partial charge in [0.2, 0.25) is 0 Å². The molecule has 0 unspecified atom stereocenters. The zero-order valence-corrected chi connectivity index (χ0v) is 15.4. The van der Waals surface area contributed by atoms with Crippen molar-refractivity contribution in [2.24, 2.45) is 0 Å². The summed E-state index contributed by atoms with van der Waals surface area (Å²) in [5, 5.41) is 11.3. The normalized spacial score (nSPS) is 11.8. The molecule has 0 aliphatic rings. The van der Waals surface area contributed by atoms with Crippen LogP contribution in [0.1, 0.15) is 33.6 Å². The minimum absolute atomic E-state index is 0.0857. The van der Waals surface area contributed by atoms with Gasteiger partial charge in [0.05, 0.1) is 33.0 Å². The first-order valence-electron chi connectivity index (χ1n) is 7.45. The van der Waals surface area contributed by atoms with Gasteiger partial charge in [-0.3, -0.25) is 9.78 Å². The van der Waals surface area contributed by atoms with E-state index in [2.05, 4.69) is 10.3 Å². The number of carbonyl (C=O) groups is 1. The van der Waals surface area contributed by atoms with Crippen LogP contribution in [0, 0.1) is 5.41 Å². The predicted molar refractivity (Wildman–Crippen MR) is 102 cm³/mol. The topological polar surface area (TPSA) is 79.0 Å². The van der Waals surface area contributed by atoms with E-state index in [1.54, 1.807) is 30.3 Å². The first kappa shape index (κ1) is 18.5. The molecule has 0 spiro atoms. The van der Waals surface area contributed by atoms with Gasteiger partial charge >= 0.3 is 0 Å². The van der Waals surface area contributed by atoms with Crippen molar-refractivity contribution in [1.82, 2.24) is 10.3 Å². The Morgan fingerprint density at radius 2 is 1.92 bits per heavy atom.